The molecule has 0 heterocycles. The number of ether oxygens (including phenoxy) is 1. The molecule has 2 aromatic carbocycles. The van der Waals surface area contributed by atoms with Crippen molar-refractivity contribution >= 4 is 21.8 Å². The van der Waals surface area contributed by atoms with Crippen LogP contribution in [0.4, 0.5) is 0 Å². The van der Waals surface area contributed by atoms with E-state index in [9.17, 15) is 4.79 Å². The molecule has 0 fully saturated rings. The van der Waals surface area contributed by atoms with E-state index in [-0.39, 0.29) is 5.91 Å². The number of rotatable bonds is 7. The maximum absolute atomic E-state index is 12.2. The zero-order valence-corrected chi connectivity index (χ0v) is 15.2. The molecule has 0 unspecified atom stereocenters. The van der Waals surface area contributed by atoms with Gasteiger partial charge in [0.1, 0.15) is 5.75 Å². The topological polar surface area (TPSA) is 29.5 Å². The van der Waals surface area contributed by atoms with Crippen LogP contribution in [0.3, 0.4) is 0 Å². The van der Waals surface area contributed by atoms with Crippen molar-refractivity contribution in [3.05, 3.63) is 64.1 Å². The zero-order valence-electron chi connectivity index (χ0n) is 13.6. The van der Waals surface area contributed by atoms with Crippen LogP contribution in [0.2, 0.25) is 0 Å². The lowest BCUT2D eigenvalue weighted by Gasteiger charge is -2.17. The number of hydrogen-bond donors (Lipinski definition) is 0. The second-order valence-electron chi connectivity index (χ2n) is 5.59. The molecule has 0 atom stereocenters. The average Bonchev–Trinajstić information content (AvgIpc) is 2.55. The van der Waals surface area contributed by atoms with Crippen molar-refractivity contribution in [2.45, 2.75) is 26.3 Å². The lowest BCUT2D eigenvalue weighted by atomic mass is 10.2. The molecular formula is C19H22BrNO2. The summed E-state index contributed by atoms with van der Waals surface area (Å²) in [5, 5.41) is 0. The summed E-state index contributed by atoms with van der Waals surface area (Å²) in [7, 11) is 1.84. The number of benzene rings is 2. The number of halogens is 1. The van der Waals surface area contributed by atoms with E-state index in [4.69, 9.17) is 4.74 Å². The Morgan fingerprint density at radius 2 is 1.83 bits per heavy atom. The van der Waals surface area contributed by atoms with Crippen LogP contribution in [-0.2, 0) is 11.3 Å². The first-order valence-electron chi connectivity index (χ1n) is 7.73. The first-order chi connectivity index (χ1) is 11.1. The Balaban J connectivity index is 1.72. The Kier molecular flexibility index (Phi) is 6.66. The van der Waals surface area contributed by atoms with E-state index in [1.54, 1.807) is 4.90 Å². The highest BCUT2D eigenvalue weighted by molar-refractivity contribution is 9.10. The molecule has 0 radical (unpaired) electrons. The van der Waals surface area contributed by atoms with Crippen molar-refractivity contribution in [3.8, 4) is 5.75 Å². The van der Waals surface area contributed by atoms with E-state index in [1.165, 1.54) is 0 Å². The molecule has 4 heteroatoms. The fraction of sp³-hybridized carbons (Fsp3) is 0.316. The van der Waals surface area contributed by atoms with Crippen LogP contribution < -0.4 is 4.74 Å². The Morgan fingerprint density at radius 1 is 1.13 bits per heavy atom. The highest BCUT2D eigenvalue weighted by Crippen LogP contribution is 2.16. The number of amides is 1. The minimum Gasteiger partial charge on any atom is -0.493 e. The molecule has 0 spiro atoms. The predicted molar refractivity (Wildman–Crippen MR) is 96.5 cm³/mol. The highest BCUT2D eigenvalue weighted by Gasteiger charge is 2.09. The van der Waals surface area contributed by atoms with Gasteiger partial charge in [-0.2, -0.15) is 0 Å². The fourth-order valence-electron chi connectivity index (χ4n) is 2.27. The fourth-order valence-corrected chi connectivity index (χ4v) is 2.53. The average molecular weight is 376 g/mol. The Bertz CT molecular complexity index is 640. The third kappa shape index (κ3) is 5.71. The quantitative estimate of drug-likeness (QED) is 0.663. The molecule has 122 valence electrons. The maximum atomic E-state index is 12.2. The molecule has 3 nitrogen and oxygen atoms in total. The van der Waals surface area contributed by atoms with Crippen LogP contribution in [0.15, 0.2) is 53.0 Å². The van der Waals surface area contributed by atoms with Crippen molar-refractivity contribution in [3.63, 3.8) is 0 Å². The van der Waals surface area contributed by atoms with Gasteiger partial charge in [-0.25, -0.2) is 0 Å². The lowest BCUT2D eigenvalue weighted by molar-refractivity contribution is -0.130. The summed E-state index contributed by atoms with van der Waals surface area (Å²) in [5.41, 5.74) is 2.24. The second-order valence-corrected chi connectivity index (χ2v) is 6.51. The summed E-state index contributed by atoms with van der Waals surface area (Å²) in [6.45, 7) is 3.21. The molecule has 0 aliphatic rings. The van der Waals surface area contributed by atoms with Crippen LogP contribution in [0, 0.1) is 6.92 Å². The van der Waals surface area contributed by atoms with Crippen molar-refractivity contribution in [2.24, 2.45) is 0 Å². The molecule has 0 saturated heterocycles. The molecule has 0 aromatic heterocycles. The van der Waals surface area contributed by atoms with Gasteiger partial charge in [-0.15, -0.1) is 0 Å². The summed E-state index contributed by atoms with van der Waals surface area (Å²) >= 11 is 3.41. The zero-order chi connectivity index (χ0) is 16.7. The van der Waals surface area contributed by atoms with E-state index in [0.717, 1.165) is 27.8 Å². The summed E-state index contributed by atoms with van der Waals surface area (Å²) in [5.74, 6) is 1.03. The van der Waals surface area contributed by atoms with Crippen molar-refractivity contribution in [1.82, 2.24) is 4.90 Å². The molecule has 0 aliphatic heterocycles. The molecule has 2 rings (SSSR count). The predicted octanol–water partition coefficient (Wildman–Crippen LogP) is 4.58. The molecule has 1 amide bonds. The van der Waals surface area contributed by atoms with Gasteiger partial charge in [-0.3, -0.25) is 4.79 Å². The third-order valence-corrected chi connectivity index (χ3v) is 4.17. The van der Waals surface area contributed by atoms with Crippen LogP contribution in [0.1, 0.15) is 24.0 Å². The van der Waals surface area contributed by atoms with Gasteiger partial charge >= 0.3 is 0 Å². The molecule has 2 aromatic rings. The van der Waals surface area contributed by atoms with E-state index >= 15 is 0 Å². The van der Waals surface area contributed by atoms with Gasteiger partial charge in [-0.1, -0.05) is 46.3 Å². The second kappa shape index (κ2) is 8.73. The van der Waals surface area contributed by atoms with Crippen LogP contribution in [0.5, 0.6) is 5.75 Å². The molecule has 0 aliphatic carbocycles. The van der Waals surface area contributed by atoms with E-state index in [0.29, 0.717) is 19.6 Å². The minimum atomic E-state index is 0.140. The van der Waals surface area contributed by atoms with Gasteiger partial charge in [0.05, 0.1) is 6.61 Å². The lowest BCUT2D eigenvalue weighted by Crippen LogP contribution is -2.26. The number of carbonyl (C=O) groups excluding carboxylic acids is 1. The highest BCUT2D eigenvalue weighted by atomic mass is 79.9. The molecule has 0 saturated carbocycles. The smallest absolute Gasteiger partial charge is 0.222 e. The van der Waals surface area contributed by atoms with Gasteiger partial charge < -0.3 is 9.64 Å². The summed E-state index contributed by atoms with van der Waals surface area (Å²) in [4.78, 5) is 13.9. The Hall–Kier alpha value is -1.81. The number of carbonyl (C=O) groups is 1. The Morgan fingerprint density at radius 3 is 2.52 bits per heavy atom. The van der Waals surface area contributed by atoms with Crippen molar-refractivity contribution in [2.75, 3.05) is 13.7 Å². The normalized spacial score (nSPS) is 10.4. The van der Waals surface area contributed by atoms with E-state index in [1.807, 2.05) is 62.5 Å². The minimum absolute atomic E-state index is 0.140. The standard InChI is InChI=1S/C19H22BrNO2/c1-15-6-3-4-7-18(15)23-13-5-8-19(22)21(2)14-16-9-11-17(20)12-10-16/h3-4,6-7,9-12H,5,8,13-14H2,1-2H3. The van der Waals surface area contributed by atoms with Crippen LogP contribution in [-0.4, -0.2) is 24.5 Å². The Labute approximate surface area is 146 Å². The van der Waals surface area contributed by atoms with Gasteiger partial charge in [-0.05, 0) is 42.7 Å². The number of nitrogens with zero attached hydrogens (tertiary/aromatic N) is 1. The first kappa shape index (κ1) is 17.5. The van der Waals surface area contributed by atoms with Gasteiger partial charge in [0.2, 0.25) is 5.91 Å². The van der Waals surface area contributed by atoms with E-state index in [2.05, 4.69) is 15.9 Å². The summed E-state index contributed by atoms with van der Waals surface area (Å²) in [6.07, 6.45) is 1.22. The van der Waals surface area contributed by atoms with Crippen LogP contribution >= 0.6 is 15.9 Å². The van der Waals surface area contributed by atoms with Crippen molar-refractivity contribution < 1.29 is 9.53 Å². The summed E-state index contributed by atoms with van der Waals surface area (Å²) < 4.78 is 6.77. The molecular weight excluding hydrogens is 354 g/mol. The number of hydrogen-bond acceptors (Lipinski definition) is 2. The molecule has 23 heavy (non-hydrogen) atoms. The van der Waals surface area contributed by atoms with Gasteiger partial charge in [0, 0.05) is 24.5 Å². The monoisotopic (exact) mass is 375 g/mol. The molecule has 0 bridgehead atoms. The number of aryl methyl sites for hydroxylation is 1. The maximum Gasteiger partial charge on any atom is 0.222 e. The largest absolute Gasteiger partial charge is 0.493 e. The summed E-state index contributed by atoms with van der Waals surface area (Å²) in [6, 6.07) is 15.9. The van der Waals surface area contributed by atoms with Crippen LogP contribution in [0.25, 0.3) is 0 Å². The van der Waals surface area contributed by atoms with E-state index < -0.39 is 0 Å². The SMILES string of the molecule is Cc1ccccc1OCCCC(=O)N(C)Cc1ccc(Br)cc1. The van der Waals surface area contributed by atoms with Crippen molar-refractivity contribution in [1.29, 1.82) is 0 Å². The van der Waals surface area contributed by atoms with Gasteiger partial charge in [0.25, 0.3) is 0 Å². The third-order valence-electron chi connectivity index (χ3n) is 3.64. The van der Waals surface area contributed by atoms with Gasteiger partial charge in [0.15, 0.2) is 0 Å². The first-order valence-corrected chi connectivity index (χ1v) is 8.52. The molecule has 0 N–H and O–H groups in total. The number of para-hydroxylation sites is 1.